The summed E-state index contributed by atoms with van der Waals surface area (Å²) in [5.74, 6) is 1.73. The Morgan fingerprint density at radius 1 is 0.950 bits per heavy atom. The second-order valence-corrected chi connectivity index (χ2v) is 11.5. The van der Waals surface area contributed by atoms with Crippen LogP contribution in [0.15, 0.2) is 94.7 Å². The number of benzene rings is 4. The number of fused-ring (bicyclic) bond motifs is 4. The summed E-state index contributed by atoms with van der Waals surface area (Å²) in [7, 11) is -4.31. The van der Waals surface area contributed by atoms with Gasteiger partial charge in [0.05, 0.1) is 21.9 Å². The fourth-order valence-electron chi connectivity index (χ4n) is 5.31. The molecule has 0 radical (unpaired) electrons. The Labute approximate surface area is 233 Å². The molecule has 1 aliphatic rings. The monoisotopic (exact) mass is 554 g/mol. The van der Waals surface area contributed by atoms with Crippen LogP contribution in [0.1, 0.15) is 32.6 Å². The van der Waals surface area contributed by atoms with Crippen molar-refractivity contribution in [3.05, 3.63) is 96.2 Å². The molecule has 1 aromatic heterocycles. The van der Waals surface area contributed by atoms with Gasteiger partial charge in [0, 0.05) is 30.9 Å². The lowest BCUT2D eigenvalue weighted by Gasteiger charge is -2.16. The minimum absolute atomic E-state index is 0.191. The molecule has 0 unspecified atom stereocenters. The molecule has 40 heavy (non-hydrogen) atoms. The molecule has 0 amide bonds. The summed E-state index contributed by atoms with van der Waals surface area (Å²) >= 11 is 0. The molecule has 6 rings (SSSR count). The number of nitrogens with zero attached hydrogens (tertiary/aromatic N) is 2. The first kappa shape index (κ1) is 26.1. The van der Waals surface area contributed by atoms with E-state index in [2.05, 4.69) is 43.0 Å². The number of aryl methyl sites for hydroxylation is 1. The summed E-state index contributed by atoms with van der Waals surface area (Å²) in [5.41, 5.74) is 3.57. The smallest absolute Gasteiger partial charge is 0.374 e. The Bertz CT molecular complexity index is 1920. The molecular formula is C32H30N2O5S. The molecule has 1 aliphatic heterocycles. The lowest BCUT2D eigenvalue weighted by atomic mass is 10.1. The molecule has 0 N–H and O–H groups in total. The average molecular weight is 555 g/mol. The van der Waals surface area contributed by atoms with Gasteiger partial charge >= 0.3 is 5.89 Å². The summed E-state index contributed by atoms with van der Waals surface area (Å²) in [5, 5.41) is 4.39. The highest BCUT2D eigenvalue weighted by Gasteiger charge is 2.27. The van der Waals surface area contributed by atoms with E-state index in [0.717, 1.165) is 62.9 Å². The maximum atomic E-state index is 11.3. The summed E-state index contributed by atoms with van der Waals surface area (Å²) in [6, 6.07) is 24.5. The Hall–Kier alpha value is -4.14. The van der Waals surface area contributed by atoms with Crippen molar-refractivity contribution in [2.75, 3.05) is 17.2 Å². The van der Waals surface area contributed by atoms with Crippen molar-refractivity contribution in [2.45, 2.75) is 33.2 Å². The normalized spacial score (nSPS) is 14.9. The van der Waals surface area contributed by atoms with Gasteiger partial charge in [-0.25, -0.2) is 8.42 Å². The molecule has 5 aromatic rings. The van der Waals surface area contributed by atoms with E-state index in [-0.39, 0.29) is 6.42 Å². The van der Waals surface area contributed by atoms with Gasteiger partial charge in [-0.15, -0.1) is 0 Å². The second-order valence-electron chi connectivity index (χ2n) is 9.94. The maximum Gasteiger partial charge on any atom is 0.374 e. The Morgan fingerprint density at radius 3 is 2.25 bits per heavy atom. The minimum Gasteiger partial charge on any atom is -0.748 e. The van der Waals surface area contributed by atoms with Crippen molar-refractivity contribution >= 4 is 54.5 Å². The topological polar surface area (TPSA) is 86.7 Å². The van der Waals surface area contributed by atoms with Crippen LogP contribution in [0.3, 0.4) is 0 Å². The highest BCUT2D eigenvalue weighted by atomic mass is 32.2. The number of hydrogen-bond acceptors (Lipinski definition) is 6. The molecule has 2 heterocycles. The zero-order chi connectivity index (χ0) is 27.9. The number of aromatic nitrogens is 1. The predicted octanol–water partition coefficient (Wildman–Crippen LogP) is 6.52. The molecule has 0 saturated carbocycles. The van der Waals surface area contributed by atoms with E-state index in [1.54, 1.807) is 0 Å². The molecule has 4 aromatic carbocycles. The first-order valence-corrected chi connectivity index (χ1v) is 15.1. The van der Waals surface area contributed by atoms with Gasteiger partial charge in [-0.2, -0.15) is 4.57 Å². The van der Waals surface area contributed by atoms with Crippen LogP contribution in [0.25, 0.3) is 38.7 Å². The first-order chi connectivity index (χ1) is 19.3. The third-order valence-corrected chi connectivity index (χ3v) is 8.10. The number of ether oxygens (including phenoxy) is 1. The van der Waals surface area contributed by atoms with Crippen molar-refractivity contribution in [3.63, 3.8) is 0 Å². The van der Waals surface area contributed by atoms with Crippen LogP contribution in [0.5, 0.6) is 5.75 Å². The quantitative estimate of drug-likeness (QED) is 0.160. The third kappa shape index (κ3) is 5.08. The van der Waals surface area contributed by atoms with Gasteiger partial charge in [-0.05, 0) is 58.7 Å². The van der Waals surface area contributed by atoms with Crippen molar-refractivity contribution in [2.24, 2.45) is 0 Å². The average Bonchev–Trinajstić information content (AvgIpc) is 3.44. The summed E-state index contributed by atoms with van der Waals surface area (Å²) < 4.78 is 48.5. The van der Waals surface area contributed by atoms with Crippen LogP contribution in [0, 0.1) is 0 Å². The highest BCUT2D eigenvalue weighted by molar-refractivity contribution is 7.85. The van der Waals surface area contributed by atoms with Gasteiger partial charge in [0.2, 0.25) is 11.5 Å². The summed E-state index contributed by atoms with van der Waals surface area (Å²) in [6.07, 6.45) is 4.91. The van der Waals surface area contributed by atoms with Crippen LogP contribution in [-0.2, 0) is 16.7 Å². The highest BCUT2D eigenvalue weighted by Crippen LogP contribution is 2.42. The third-order valence-electron chi connectivity index (χ3n) is 7.32. The van der Waals surface area contributed by atoms with E-state index in [4.69, 9.17) is 9.15 Å². The summed E-state index contributed by atoms with van der Waals surface area (Å²) in [4.78, 5) is 2.16. The maximum absolute atomic E-state index is 11.3. The largest absolute Gasteiger partial charge is 0.748 e. The van der Waals surface area contributed by atoms with Crippen LogP contribution in [-0.4, -0.2) is 25.3 Å². The molecule has 8 heteroatoms. The lowest BCUT2D eigenvalue weighted by Crippen LogP contribution is -2.36. The molecule has 0 bridgehead atoms. The Morgan fingerprint density at radius 2 is 1.60 bits per heavy atom. The fourth-order valence-corrected chi connectivity index (χ4v) is 5.79. The van der Waals surface area contributed by atoms with Gasteiger partial charge in [-0.1, -0.05) is 55.5 Å². The molecule has 0 spiro atoms. The van der Waals surface area contributed by atoms with Crippen molar-refractivity contribution < 1.29 is 26.7 Å². The zero-order valence-electron chi connectivity index (χ0n) is 22.5. The van der Waals surface area contributed by atoms with Crippen molar-refractivity contribution in [1.29, 1.82) is 0 Å². The van der Waals surface area contributed by atoms with Gasteiger partial charge < -0.3 is 18.6 Å². The van der Waals surface area contributed by atoms with Crippen molar-refractivity contribution in [3.8, 4) is 5.75 Å². The second kappa shape index (κ2) is 10.4. The van der Waals surface area contributed by atoms with E-state index in [1.807, 2.05) is 65.3 Å². The summed E-state index contributed by atoms with van der Waals surface area (Å²) in [6.45, 7) is 5.25. The number of oxazole rings is 1. The van der Waals surface area contributed by atoms with Crippen molar-refractivity contribution in [1.82, 2.24) is 0 Å². The fraction of sp³-hybridized carbons (Fsp3) is 0.219. The van der Waals surface area contributed by atoms with Crippen LogP contribution >= 0.6 is 0 Å². The van der Waals surface area contributed by atoms with Gasteiger partial charge in [0.25, 0.3) is 5.52 Å². The van der Waals surface area contributed by atoms with Gasteiger partial charge in [0.1, 0.15) is 0 Å². The number of hydrogen-bond donors (Lipinski definition) is 0. The Kier molecular flexibility index (Phi) is 6.82. The van der Waals surface area contributed by atoms with E-state index < -0.39 is 15.9 Å². The number of rotatable bonds is 8. The number of allylic oxidation sites excluding steroid dienone is 2. The lowest BCUT2D eigenvalue weighted by molar-refractivity contribution is -0.677. The minimum atomic E-state index is -4.31. The van der Waals surface area contributed by atoms with Crippen LogP contribution in [0.4, 0.5) is 5.69 Å². The predicted molar refractivity (Wildman–Crippen MR) is 157 cm³/mol. The molecule has 0 aliphatic carbocycles. The van der Waals surface area contributed by atoms with E-state index in [0.29, 0.717) is 18.0 Å². The van der Waals surface area contributed by atoms with Crippen LogP contribution < -0.4 is 14.2 Å². The standard InChI is InChI=1S/C32H30N2O5S/c1-3-22(16-31-33(4-2)27-18-23-10-5-7-12-25(23)20-29(27)38-31)17-32-34(14-9-15-40(35,36)37)28-19-24-11-6-8-13-26(24)21-30(28)39-32/h5-8,10-13,16-21H,3-4,9,14-15H2,1-2H3. The SMILES string of the molecule is CCC(/C=C1\Oc2cc3ccccc3cc2N1CC)=C\c1oc2cc3ccccc3cc2[n+]1CCCS(=O)(=O)[O-]. The van der Waals surface area contributed by atoms with E-state index in [1.165, 1.54) is 0 Å². The van der Waals surface area contributed by atoms with Gasteiger partial charge in [-0.3, -0.25) is 0 Å². The van der Waals surface area contributed by atoms with Crippen LogP contribution in [0.2, 0.25) is 0 Å². The molecule has 0 atom stereocenters. The van der Waals surface area contributed by atoms with E-state index in [9.17, 15) is 13.0 Å². The molecule has 7 nitrogen and oxygen atoms in total. The number of anilines is 1. The molecule has 0 fully saturated rings. The molecular weight excluding hydrogens is 524 g/mol. The molecule has 204 valence electrons. The Balaban J connectivity index is 1.41. The zero-order valence-corrected chi connectivity index (χ0v) is 23.3. The van der Waals surface area contributed by atoms with E-state index >= 15 is 0 Å². The first-order valence-electron chi connectivity index (χ1n) is 13.5. The van der Waals surface area contributed by atoms with Gasteiger partial charge in [0.15, 0.2) is 12.3 Å². The molecule has 0 saturated heterocycles.